The molecule has 1 aliphatic rings. The van der Waals surface area contributed by atoms with Crippen molar-refractivity contribution in [3.8, 4) is 0 Å². The highest BCUT2D eigenvalue weighted by molar-refractivity contribution is 8.04. The minimum absolute atomic E-state index is 0.146. The molecule has 0 aromatic heterocycles. The molecule has 6 heteroatoms. The number of thioether (sulfide) groups is 1. The Balaban J connectivity index is 2.17. The van der Waals surface area contributed by atoms with Gasteiger partial charge in [-0.1, -0.05) is 55.2 Å². The lowest BCUT2D eigenvalue weighted by Crippen LogP contribution is -2.31. The van der Waals surface area contributed by atoms with Crippen molar-refractivity contribution in [3.05, 3.63) is 68.0 Å². The van der Waals surface area contributed by atoms with E-state index in [2.05, 4.69) is 0 Å². The van der Waals surface area contributed by atoms with Crippen LogP contribution in [0.3, 0.4) is 0 Å². The lowest BCUT2D eigenvalue weighted by Gasteiger charge is -2.17. The van der Waals surface area contributed by atoms with Crippen molar-refractivity contribution >= 4 is 58.0 Å². The molecular weight excluding hydrogens is 401 g/mol. The number of carbonyl (C=O) groups excluding carboxylic acids is 2. The Morgan fingerprint density at radius 1 is 0.926 bits per heavy atom. The van der Waals surface area contributed by atoms with Crippen LogP contribution in [-0.4, -0.2) is 17.1 Å². The second-order valence-corrected chi connectivity index (χ2v) is 9.14. The van der Waals surface area contributed by atoms with Gasteiger partial charge < -0.3 is 0 Å². The average molecular weight is 420 g/mol. The molecule has 2 aromatic rings. The number of rotatable bonds is 4. The zero-order valence-corrected chi connectivity index (χ0v) is 17.8. The summed E-state index contributed by atoms with van der Waals surface area (Å²) in [5.41, 5.74) is 3.65. The van der Waals surface area contributed by atoms with Gasteiger partial charge in [0.05, 0.1) is 21.2 Å². The predicted octanol–water partition coefficient (Wildman–Crippen LogP) is 6.04. The molecule has 0 spiro atoms. The summed E-state index contributed by atoms with van der Waals surface area (Å²) >= 11 is 13.7. The van der Waals surface area contributed by atoms with Crippen molar-refractivity contribution in [3.63, 3.8) is 0 Å². The SMILES string of the molecule is Cc1ccc(C2=C(SC(C)C)C(=O)N(c3cc(Cl)ccc3Cl)C2=O)cc1C. The van der Waals surface area contributed by atoms with Crippen molar-refractivity contribution in [1.82, 2.24) is 0 Å². The largest absolute Gasteiger partial charge is 0.272 e. The van der Waals surface area contributed by atoms with Gasteiger partial charge in [-0.05, 0) is 48.7 Å². The molecule has 0 fully saturated rings. The van der Waals surface area contributed by atoms with E-state index >= 15 is 0 Å². The Bertz CT molecular complexity index is 982. The maximum atomic E-state index is 13.3. The molecule has 0 aliphatic carbocycles. The van der Waals surface area contributed by atoms with Crippen LogP contribution < -0.4 is 4.90 Å². The number of benzene rings is 2. The fourth-order valence-electron chi connectivity index (χ4n) is 2.88. The molecule has 1 aliphatic heterocycles. The van der Waals surface area contributed by atoms with E-state index < -0.39 is 0 Å². The normalized spacial score (nSPS) is 14.7. The van der Waals surface area contributed by atoms with Crippen molar-refractivity contribution in [2.75, 3.05) is 4.90 Å². The molecule has 3 rings (SSSR count). The zero-order valence-electron chi connectivity index (χ0n) is 15.5. The number of halogens is 2. The molecule has 3 nitrogen and oxygen atoms in total. The van der Waals surface area contributed by atoms with Gasteiger partial charge in [-0.25, -0.2) is 4.90 Å². The molecule has 0 atom stereocenters. The number of carbonyl (C=O) groups is 2. The topological polar surface area (TPSA) is 37.4 Å². The molecular formula is C21H19Cl2NO2S. The maximum Gasteiger partial charge on any atom is 0.272 e. The summed E-state index contributed by atoms with van der Waals surface area (Å²) in [5.74, 6) is -0.744. The Kier molecular flexibility index (Phi) is 5.71. The summed E-state index contributed by atoms with van der Waals surface area (Å²) in [6.45, 7) is 7.98. The van der Waals surface area contributed by atoms with Crippen LogP contribution in [0.25, 0.3) is 5.57 Å². The number of hydrogen-bond donors (Lipinski definition) is 0. The highest BCUT2D eigenvalue weighted by atomic mass is 35.5. The van der Waals surface area contributed by atoms with Crippen molar-refractivity contribution in [2.24, 2.45) is 0 Å². The first-order chi connectivity index (χ1) is 12.7. The minimum Gasteiger partial charge on any atom is -0.268 e. The molecule has 0 bridgehead atoms. The van der Waals surface area contributed by atoms with Gasteiger partial charge in [0.15, 0.2) is 0 Å². The molecule has 27 heavy (non-hydrogen) atoms. The Hall–Kier alpha value is -1.75. The Morgan fingerprint density at radius 2 is 1.63 bits per heavy atom. The van der Waals surface area contributed by atoms with Crippen molar-refractivity contribution in [2.45, 2.75) is 32.9 Å². The first-order valence-electron chi connectivity index (χ1n) is 8.53. The number of hydrogen-bond acceptors (Lipinski definition) is 3. The van der Waals surface area contributed by atoms with Gasteiger partial charge in [0, 0.05) is 10.3 Å². The zero-order chi connectivity index (χ0) is 19.9. The van der Waals surface area contributed by atoms with Crippen LogP contribution in [0.1, 0.15) is 30.5 Å². The molecule has 0 saturated carbocycles. The third-order valence-corrected chi connectivity index (χ3v) is 5.98. The van der Waals surface area contributed by atoms with E-state index in [4.69, 9.17) is 23.2 Å². The highest BCUT2D eigenvalue weighted by Gasteiger charge is 2.41. The summed E-state index contributed by atoms with van der Waals surface area (Å²) in [7, 11) is 0. The fourth-order valence-corrected chi connectivity index (χ4v) is 4.24. The van der Waals surface area contributed by atoms with Crippen LogP contribution in [0.5, 0.6) is 0 Å². The van der Waals surface area contributed by atoms with Gasteiger partial charge >= 0.3 is 0 Å². The second kappa shape index (κ2) is 7.70. The number of aryl methyl sites for hydroxylation is 2. The summed E-state index contributed by atoms with van der Waals surface area (Å²) in [5, 5.41) is 0.858. The van der Waals surface area contributed by atoms with E-state index in [9.17, 15) is 9.59 Å². The molecule has 0 saturated heterocycles. The van der Waals surface area contributed by atoms with Crippen molar-refractivity contribution in [1.29, 1.82) is 0 Å². The Labute approximate surface area is 173 Å². The summed E-state index contributed by atoms with van der Waals surface area (Å²) in [6, 6.07) is 10.5. The van der Waals surface area contributed by atoms with Crippen LogP contribution in [0.4, 0.5) is 5.69 Å². The maximum absolute atomic E-state index is 13.3. The van der Waals surface area contributed by atoms with E-state index in [-0.39, 0.29) is 17.1 Å². The Morgan fingerprint density at radius 3 is 2.26 bits per heavy atom. The monoisotopic (exact) mass is 419 g/mol. The van der Waals surface area contributed by atoms with E-state index in [0.29, 0.717) is 26.2 Å². The van der Waals surface area contributed by atoms with E-state index in [1.54, 1.807) is 18.2 Å². The summed E-state index contributed by atoms with van der Waals surface area (Å²) in [4.78, 5) is 28.0. The molecule has 140 valence electrons. The average Bonchev–Trinajstić information content (AvgIpc) is 2.83. The number of imide groups is 1. The molecule has 0 radical (unpaired) electrons. The summed E-state index contributed by atoms with van der Waals surface area (Å²) in [6.07, 6.45) is 0. The van der Waals surface area contributed by atoms with Gasteiger partial charge in [-0.15, -0.1) is 11.8 Å². The first-order valence-corrected chi connectivity index (χ1v) is 10.2. The van der Waals surface area contributed by atoms with Gasteiger partial charge in [-0.3, -0.25) is 9.59 Å². The van der Waals surface area contributed by atoms with Gasteiger partial charge in [0.1, 0.15) is 0 Å². The molecule has 2 aromatic carbocycles. The van der Waals surface area contributed by atoms with Gasteiger partial charge in [0.25, 0.3) is 11.8 Å². The predicted molar refractivity (Wildman–Crippen MR) is 115 cm³/mol. The summed E-state index contributed by atoms with van der Waals surface area (Å²) < 4.78 is 0. The standard InChI is InChI=1S/C21H19Cl2NO2S/c1-11(2)27-19-18(14-6-5-12(3)13(4)9-14)20(25)24(21(19)26)17-10-15(22)7-8-16(17)23/h5-11H,1-4H3. The lowest BCUT2D eigenvalue weighted by molar-refractivity contribution is -0.119. The quantitative estimate of drug-likeness (QED) is 0.567. The smallest absolute Gasteiger partial charge is 0.268 e. The molecule has 0 unspecified atom stereocenters. The highest BCUT2D eigenvalue weighted by Crippen LogP contribution is 2.42. The number of amides is 2. The van der Waals surface area contributed by atoms with Gasteiger partial charge in [-0.2, -0.15) is 0 Å². The van der Waals surface area contributed by atoms with Crippen molar-refractivity contribution < 1.29 is 9.59 Å². The first kappa shape index (κ1) is 20.0. The number of anilines is 1. The fraction of sp³-hybridized carbons (Fsp3) is 0.238. The third kappa shape index (κ3) is 3.79. The van der Waals surface area contributed by atoms with Crippen LogP contribution in [0.2, 0.25) is 10.0 Å². The van der Waals surface area contributed by atoms with Crippen LogP contribution in [0.15, 0.2) is 41.3 Å². The van der Waals surface area contributed by atoms with E-state index in [0.717, 1.165) is 21.6 Å². The van der Waals surface area contributed by atoms with E-state index in [1.165, 1.54) is 11.8 Å². The van der Waals surface area contributed by atoms with Gasteiger partial charge in [0.2, 0.25) is 0 Å². The minimum atomic E-state index is -0.379. The second-order valence-electron chi connectivity index (χ2n) is 6.71. The third-order valence-electron chi connectivity index (χ3n) is 4.34. The van der Waals surface area contributed by atoms with Crippen LogP contribution in [0, 0.1) is 13.8 Å². The van der Waals surface area contributed by atoms with E-state index in [1.807, 2.05) is 45.9 Å². The lowest BCUT2D eigenvalue weighted by atomic mass is 10.0. The van der Waals surface area contributed by atoms with Crippen LogP contribution in [-0.2, 0) is 9.59 Å². The van der Waals surface area contributed by atoms with Crippen LogP contribution >= 0.6 is 35.0 Å². The number of nitrogens with zero attached hydrogens (tertiary/aromatic N) is 1. The molecule has 2 amide bonds. The molecule has 0 N–H and O–H groups in total. The molecule has 1 heterocycles.